The van der Waals surface area contributed by atoms with Crippen LogP contribution in [-0.4, -0.2) is 51.4 Å². The van der Waals surface area contributed by atoms with Crippen molar-refractivity contribution in [3.8, 4) is 0 Å². The van der Waals surface area contributed by atoms with E-state index >= 15 is 0 Å². The minimum Gasteiger partial charge on any atom is -0.316 e. The lowest BCUT2D eigenvalue weighted by atomic mass is 10.0. The molecule has 6 nitrogen and oxygen atoms in total. The molecular weight excluding hydrogens is 314 g/mol. The minimum atomic E-state index is -3.43. The highest BCUT2D eigenvalue weighted by Crippen LogP contribution is 2.31. The van der Waals surface area contributed by atoms with Crippen LogP contribution in [0, 0.1) is 11.8 Å². The van der Waals surface area contributed by atoms with Gasteiger partial charge in [0, 0.05) is 31.7 Å². The van der Waals surface area contributed by atoms with E-state index in [2.05, 4.69) is 5.32 Å². The molecule has 1 aromatic carbocycles. The monoisotopic (exact) mass is 335 g/mol. The number of benzene rings is 1. The summed E-state index contributed by atoms with van der Waals surface area (Å²) in [7, 11) is -3.43. The van der Waals surface area contributed by atoms with Gasteiger partial charge in [0.2, 0.25) is 15.9 Å². The van der Waals surface area contributed by atoms with Crippen LogP contribution in [-0.2, 0) is 14.8 Å². The Bertz CT molecular complexity index is 705. The van der Waals surface area contributed by atoms with E-state index in [0.29, 0.717) is 42.8 Å². The highest BCUT2D eigenvalue weighted by molar-refractivity contribution is 7.89. The quantitative estimate of drug-likeness (QED) is 0.881. The normalized spacial score (nSPS) is 28.5. The van der Waals surface area contributed by atoms with E-state index in [9.17, 15) is 13.2 Å². The smallest absolute Gasteiger partial charge is 0.243 e. The summed E-state index contributed by atoms with van der Waals surface area (Å²) in [4.78, 5) is 13.8. The van der Waals surface area contributed by atoms with Crippen LogP contribution < -0.4 is 10.2 Å². The van der Waals surface area contributed by atoms with Crippen molar-refractivity contribution in [3.05, 3.63) is 24.3 Å². The third-order valence-electron chi connectivity index (χ3n) is 5.22. The average molecular weight is 335 g/mol. The molecule has 3 fully saturated rings. The lowest BCUT2D eigenvalue weighted by Gasteiger charge is -2.19. The molecule has 7 heteroatoms. The molecule has 1 aromatic rings. The van der Waals surface area contributed by atoms with Crippen molar-refractivity contribution in [2.24, 2.45) is 11.8 Å². The van der Waals surface area contributed by atoms with Gasteiger partial charge in [-0.25, -0.2) is 8.42 Å². The third-order valence-corrected chi connectivity index (χ3v) is 7.06. The summed E-state index contributed by atoms with van der Waals surface area (Å²) in [6, 6.07) is 6.74. The van der Waals surface area contributed by atoms with Gasteiger partial charge in [-0.1, -0.05) is 0 Å². The number of rotatable bonds is 3. The topological polar surface area (TPSA) is 69.7 Å². The number of carbonyl (C=O) groups excluding carboxylic acids is 1. The van der Waals surface area contributed by atoms with Crippen LogP contribution in [0.4, 0.5) is 5.69 Å². The molecule has 4 rings (SSSR count). The fraction of sp³-hybridized carbons (Fsp3) is 0.562. The number of anilines is 1. The summed E-state index contributed by atoms with van der Waals surface area (Å²) in [6.07, 6.45) is 1.44. The van der Waals surface area contributed by atoms with Crippen LogP contribution in [0.3, 0.4) is 0 Å². The highest BCUT2D eigenvalue weighted by Gasteiger charge is 2.41. The van der Waals surface area contributed by atoms with Gasteiger partial charge in [0.05, 0.1) is 4.90 Å². The van der Waals surface area contributed by atoms with E-state index in [0.717, 1.165) is 25.2 Å². The summed E-state index contributed by atoms with van der Waals surface area (Å²) < 4.78 is 27.2. The molecule has 3 aliphatic rings. The minimum absolute atomic E-state index is 0.112. The van der Waals surface area contributed by atoms with Gasteiger partial charge in [-0.2, -0.15) is 4.31 Å². The zero-order valence-electron chi connectivity index (χ0n) is 12.9. The van der Waals surface area contributed by atoms with E-state index in [1.807, 2.05) is 0 Å². The van der Waals surface area contributed by atoms with Gasteiger partial charge < -0.3 is 10.2 Å². The maximum Gasteiger partial charge on any atom is 0.243 e. The first kappa shape index (κ1) is 15.1. The van der Waals surface area contributed by atoms with Crippen molar-refractivity contribution < 1.29 is 13.2 Å². The van der Waals surface area contributed by atoms with Crippen molar-refractivity contribution in [3.63, 3.8) is 0 Å². The Morgan fingerprint density at radius 1 is 1.04 bits per heavy atom. The number of fused-ring (bicyclic) bond motifs is 1. The first-order valence-electron chi connectivity index (χ1n) is 8.17. The first-order chi connectivity index (χ1) is 11.1. The van der Waals surface area contributed by atoms with Crippen LogP contribution in [0.25, 0.3) is 0 Å². The molecule has 0 aromatic heterocycles. The number of carbonyl (C=O) groups is 1. The van der Waals surface area contributed by atoms with Crippen molar-refractivity contribution in [2.45, 2.75) is 17.7 Å². The molecule has 1 N–H and O–H groups in total. The standard InChI is InChI=1S/C16H21N3O3S/c20-16-2-1-7-19(16)14-3-5-15(6-4-14)23(21,22)18-10-12-8-17-9-13(12)11-18/h3-6,12-13,17H,1-2,7-11H2/t12-,13+. The van der Waals surface area contributed by atoms with Gasteiger partial charge in [-0.3, -0.25) is 4.79 Å². The van der Waals surface area contributed by atoms with Gasteiger partial charge in [-0.05, 0) is 55.6 Å². The predicted molar refractivity (Wildman–Crippen MR) is 86.6 cm³/mol. The molecule has 124 valence electrons. The Labute approximate surface area is 136 Å². The largest absolute Gasteiger partial charge is 0.316 e. The maximum atomic E-state index is 12.8. The number of hydrogen-bond donors (Lipinski definition) is 1. The lowest BCUT2D eigenvalue weighted by molar-refractivity contribution is -0.117. The summed E-state index contributed by atoms with van der Waals surface area (Å²) in [6.45, 7) is 3.74. The SMILES string of the molecule is O=C1CCCN1c1ccc(S(=O)(=O)N2C[C@H]3CNC[C@H]3C2)cc1. The van der Waals surface area contributed by atoms with Crippen molar-refractivity contribution in [1.29, 1.82) is 0 Å². The lowest BCUT2D eigenvalue weighted by Crippen LogP contribution is -2.32. The highest BCUT2D eigenvalue weighted by atomic mass is 32.2. The molecule has 3 aliphatic heterocycles. The zero-order valence-corrected chi connectivity index (χ0v) is 13.8. The Morgan fingerprint density at radius 2 is 1.70 bits per heavy atom. The molecule has 3 heterocycles. The Kier molecular flexibility index (Phi) is 3.66. The molecule has 3 saturated heterocycles. The Morgan fingerprint density at radius 3 is 2.26 bits per heavy atom. The first-order valence-corrected chi connectivity index (χ1v) is 9.61. The molecule has 0 spiro atoms. The second-order valence-electron chi connectivity index (χ2n) is 6.64. The molecule has 1 amide bonds. The fourth-order valence-electron chi connectivity index (χ4n) is 3.88. The van der Waals surface area contributed by atoms with Gasteiger partial charge in [0.15, 0.2) is 0 Å². The van der Waals surface area contributed by atoms with Gasteiger partial charge in [-0.15, -0.1) is 0 Å². The Hall–Kier alpha value is -1.44. The average Bonchev–Trinajstić information content (AvgIpc) is 3.22. The van der Waals surface area contributed by atoms with E-state index in [1.54, 1.807) is 33.5 Å². The number of nitrogens with one attached hydrogen (secondary N) is 1. The zero-order chi connectivity index (χ0) is 16.0. The van der Waals surface area contributed by atoms with E-state index < -0.39 is 10.0 Å². The molecular formula is C16H21N3O3S. The number of sulfonamides is 1. The van der Waals surface area contributed by atoms with Crippen molar-refractivity contribution in [1.82, 2.24) is 9.62 Å². The van der Waals surface area contributed by atoms with Gasteiger partial charge in [0.1, 0.15) is 0 Å². The van der Waals surface area contributed by atoms with Crippen molar-refractivity contribution in [2.75, 3.05) is 37.6 Å². The summed E-state index contributed by atoms with van der Waals surface area (Å²) >= 11 is 0. The van der Waals surface area contributed by atoms with Crippen LogP contribution >= 0.6 is 0 Å². The summed E-state index contributed by atoms with van der Waals surface area (Å²) in [5, 5.41) is 3.32. The van der Waals surface area contributed by atoms with Crippen LogP contribution in [0.5, 0.6) is 0 Å². The second-order valence-corrected chi connectivity index (χ2v) is 8.58. The molecule has 2 atom stereocenters. The summed E-state index contributed by atoms with van der Waals surface area (Å²) in [5.41, 5.74) is 0.786. The van der Waals surface area contributed by atoms with Gasteiger partial charge >= 0.3 is 0 Å². The molecule has 23 heavy (non-hydrogen) atoms. The van der Waals surface area contributed by atoms with E-state index in [1.165, 1.54) is 0 Å². The van der Waals surface area contributed by atoms with Crippen LogP contribution in [0.1, 0.15) is 12.8 Å². The molecule has 0 unspecified atom stereocenters. The van der Waals surface area contributed by atoms with Gasteiger partial charge in [0.25, 0.3) is 0 Å². The third kappa shape index (κ3) is 2.56. The van der Waals surface area contributed by atoms with E-state index in [-0.39, 0.29) is 5.91 Å². The van der Waals surface area contributed by atoms with Crippen LogP contribution in [0.2, 0.25) is 0 Å². The molecule has 0 saturated carbocycles. The number of hydrogen-bond acceptors (Lipinski definition) is 4. The maximum absolute atomic E-state index is 12.8. The molecule has 0 bridgehead atoms. The second kappa shape index (κ2) is 5.58. The molecule has 0 aliphatic carbocycles. The summed E-state index contributed by atoms with van der Waals surface area (Å²) in [5.74, 6) is 0.984. The number of nitrogens with zero attached hydrogens (tertiary/aromatic N) is 2. The van der Waals surface area contributed by atoms with Crippen LogP contribution in [0.15, 0.2) is 29.2 Å². The Balaban J connectivity index is 1.54. The fourth-order valence-corrected chi connectivity index (χ4v) is 5.43. The molecule has 0 radical (unpaired) electrons. The number of amides is 1. The van der Waals surface area contributed by atoms with E-state index in [4.69, 9.17) is 0 Å². The van der Waals surface area contributed by atoms with Crippen molar-refractivity contribution >= 4 is 21.6 Å². The predicted octanol–water partition coefficient (Wildman–Crippen LogP) is 0.653.